The zero-order chi connectivity index (χ0) is 18.2. The van der Waals surface area contributed by atoms with Crippen molar-refractivity contribution in [3.05, 3.63) is 30.3 Å². The third kappa shape index (κ3) is 7.17. The number of benzene rings is 1. The SMILES string of the molecule is NS(=O)(=O)C=O.O=C(COS(=O)(=O)c1ccccc1)N1CCCC1. The molecular formula is C13H18N2O7S2. The van der Waals surface area contributed by atoms with Gasteiger partial charge in [-0.05, 0) is 25.0 Å². The predicted molar refractivity (Wildman–Crippen MR) is 85.3 cm³/mol. The smallest absolute Gasteiger partial charge is 0.297 e. The van der Waals surface area contributed by atoms with Crippen LogP contribution < -0.4 is 5.14 Å². The lowest BCUT2D eigenvalue weighted by atomic mass is 10.4. The first-order valence-electron chi connectivity index (χ1n) is 6.86. The van der Waals surface area contributed by atoms with Crippen LogP contribution in [-0.2, 0) is 33.9 Å². The molecule has 0 aliphatic carbocycles. The first-order chi connectivity index (χ1) is 11.2. The summed E-state index contributed by atoms with van der Waals surface area (Å²) in [4.78, 5) is 22.5. The number of likely N-dealkylation sites (tertiary alicyclic amines) is 1. The number of hydrogen-bond acceptors (Lipinski definition) is 7. The topological polar surface area (TPSA) is 141 Å². The van der Waals surface area contributed by atoms with Gasteiger partial charge >= 0.3 is 0 Å². The van der Waals surface area contributed by atoms with E-state index in [1.807, 2.05) is 0 Å². The molecule has 11 heteroatoms. The van der Waals surface area contributed by atoms with E-state index in [1.54, 1.807) is 23.1 Å². The molecule has 1 heterocycles. The third-order valence-electron chi connectivity index (χ3n) is 2.96. The molecule has 1 aromatic rings. The minimum atomic E-state index is -3.84. The average Bonchev–Trinajstić information content (AvgIpc) is 3.08. The second kappa shape index (κ2) is 8.87. The minimum Gasteiger partial charge on any atom is -0.341 e. The zero-order valence-corrected chi connectivity index (χ0v) is 14.3. The molecule has 1 aliphatic rings. The van der Waals surface area contributed by atoms with E-state index in [-0.39, 0.29) is 16.4 Å². The Labute approximate surface area is 140 Å². The fourth-order valence-electron chi connectivity index (χ4n) is 1.84. The molecule has 0 spiro atoms. The lowest BCUT2D eigenvalue weighted by Gasteiger charge is -2.14. The van der Waals surface area contributed by atoms with Crippen molar-refractivity contribution in [3.8, 4) is 0 Å². The maximum atomic E-state index is 11.8. The molecule has 1 saturated heterocycles. The summed E-state index contributed by atoms with van der Waals surface area (Å²) in [6.07, 6.45) is 1.94. The van der Waals surface area contributed by atoms with Gasteiger partial charge in [0.1, 0.15) is 6.61 Å². The van der Waals surface area contributed by atoms with Gasteiger partial charge in [0.25, 0.3) is 20.1 Å². The van der Waals surface area contributed by atoms with Crippen LogP contribution in [0.2, 0.25) is 0 Å². The molecule has 0 unspecified atom stereocenters. The number of carbonyl (C=O) groups excluding carboxylic acids is 2. The predicted octanol–water partition coefficient (Wildman–Crippen LogP) is -0.521. The molecule has 1 aromatic carbocycles. The Morgan fingerprint density at radius 3 is 2.08 bits per heavy atom. The zero-order valence-electron chi connectivity index (χ0n) is 12.7. The van der Waals surface area contributed by atoms with Gasteiger partial charge in [-0.15, -0.1) is 0 Å². The van der Waals surface area contributed by atoms with Crippen molar-refractivity contribution in [2.75, 3.05) is 19.7 Å². The lowest BCUT2D eigenvalue weighted by molar-refractivity contribution is -0.132. The number of amides is 1. The Balaban J connectivity index is 0.000000413. The van der Waals surface area contributed by atoms with Gasteiger partial charge in [0.05, 0.1) is 4.90 Å². The van der Waals surface area contributed by atoms with Crippen molar-refractivity contribution in [3.63, 3.8) is 0 Å². The summed E-state index contributed by atoms with van der Waals surface area (Å²) in [6, 6.07) is 7.82. The minimum absolute atomic E-state index is 0.0687. The van der Waals surface area contributed by atoms with E-state index in [4.69, 9.17) is 8.98 Å². The number of nitrogens with two attached hydrogens (primary N) is 1. The maximum Gasteiger partial charge on any atom is 0.297 e. The van der Waals surface area contributed by atoms with Crippen LogP contribution in [0.25, 0.3) is 0 Å². The molecule has 9 nitrogen and oxygen atoms in total. The van der Waals surface area contributed by atoms with Crippen LogP contribution in [0, 0.1) is 0 Å². The number of rotatable bonds is 5. The van der Waals surface area contributed by atoms with E-state index in [2.05, 4.69) is 5.14 Å². The molecule has 2 rings (SSSR count). The lowest BCUT2D eigenvalue weighted by Crippen LogP contribution is -2.32. The Morgan fingerprint density at radius 2 is 1.62 bits per heavy atom. The van der Waals surface area contributed by atoms with E-state index in [0.717, 1.165) is 12.8 Å². The van der Waals surface area contributed by atoms with Crippen LogP contribution in [-0.4, -0.2) is 53.0 Å². The highest BCUT2D eigenvalue weighted by Crippen LogP contribution is 2.12. The summed E-state index contributed by atoms with van der Waals surface area (Å²) >= 11 is 0. The monoisotopic (exact) mass is 378 g/mol. The van der Waals surface area contributed by atoms with Gasteiger partial charge in [-0.1, -0.05) is 18.2 Å². The van der Waals surface area contributed by atoms with Crippen LogP contribution in [0.3, 0.4) is 0 Å². The van der Waals surface area contributed by atoms with Gasteiger partial charge in [0.15, 0.2) is 0 Å². The van der Waals surface area contributed by atoms with Crippen molar-refractivity contribution in [2.45, 2.75) is 17.7 Å². The quantitative estimate of drug-likeness (QED) is 0.537. The second-order valence-corrected chi connectivity index (χ2v) is 7.79. The van der Waals surface area contributed by atoms with Gasteiger partial charge in [0.2, 0.25) is 11.5 Å². The number of sulfonamides is 1. The highest BCUT2D eigenvalue weighted by molar-refractivity contribution is 8.02. The number of primary sulfonamides is 1. The summed E-state index contributed by atoms with van der Waals surface area (Å²) in [6.45, 7) is 0.957. The Kier molecular flexibility index (Phi) is 7.48. The maximum absolute atomic E-state index is 11.8. The fraction of sp³-hybridized carbons (Fsp3) is 0.385. The van der Waals surface area contributed by atoms with Gasteiger partial charge in [-0.2, -0.15) is 8.42 Å². The molecular weight excluding hydrogens is 360 g/mol. The van der Waals surface area contributed by atoms with E-state index < -0.39 is 26.7 Å². The van der Waals surface area contributed by atoms with Gasteiger partial charge in [-0.3, -0.25) is 13.8 Å². The Morgan fingerprint density at radius 1 is 1.12 bits per heavy atom. The van der Waals surface area contributed by atoms with E-state index in [9.17, 15) is 21.6 Å². The largest absolute Gasteiger partial charge is 0.341 e. The molecule has 0 bridgehead atoms. The molecule has 1 aliphatic heterocycles. The van der Waals surface area contributed by atoms with Gasteiger partial charge in [0, 0.05) is 13.1 Å². The number of carbonyl (C=O) groups is 2. The highest BCUT2D eigenvalue weighted by Gasteiger charge is 2.21. The Bertz CT molecular complexity index is 743. The Hall–Kier alpha value is -1.82. The van der Waals surface area contributed by atoms with E-state index >= 15 is 0 Å². The summed E-state index contributed by atoms with van der Waals surface area (Å²) in [5, 5.41) is 4.14. The number of hydrogen-bond donors (Lipinski definition) is 1. The highest BCUT2D eigenvalue weighted by atomic mass is 32.2. The van der Waals surface area contributed by atoms with Crippen molar-refractivity contribution < 1.29 is 30.6 Å². The molecule has 2 N–H and O–H groups in total. The number of nitrogens with zero attached hydrogens (tertiary/aromatic N) is 1. The summed E-state index contributed by atoms with van der Waals surface area (Å²) in [5.41, 5.74) is -0.312. The van der Waals surface area contributed by atoms with Crippen LogP contribution in [0.15, 0.2) is 35.2 Å². The van der Waals surface area contributed by atoms with Crippen LogP contribution >= 0.6 is 0 Å². The second-order valence-electron chi connectivity index (χ2n) is 4.80. The average molecular weight is 378 g/mol. The first-order valence-corrected chi connectivity index (χ1v) is 9.88. The van der Waals surface area contributed by atoms with Crippen LogP contribution in [0.5, 0.6) is 0 Å². The van der Waals surface area contributed by atoms with E-state index in [1.165, 1.54) is 12.1 Å². The molecule has 1 amide bonds. The molecule has 0 atom stereocenters. The van der Waals surface area contributed by atoms with Crippen molar-refractivity contribution in [2.24, 2.45) is 5.14 Å². The molecule has 1 fully saturated rings. The fourth-order valence-corrected chi connectivity index (χ4v) is 2.72. The molecule has 0 aromatic heterocycles. The first kappa shape index (κ1) is 20.2. The molecule has 0 saturated carbocycles. The molecule has 134 valence electrons. The molecule has 24 heavy (non-hydrogen) atoms. The summed E-state index contributed by atoms with van der Waals surface area (Å²) in [5.74, 6) is -0.271. The third-order valence-corrected chi connectivity index (χ3v) is 4.51. The van der Waals surface area contributed by atoms with Crippen molar-refractivity contribution >= 4 is 31.7 Å². The van der Waals surface area contributed by atoms with E-state index in [0.29, 0.717) is 13.1 Å². The standard InChI is InChI=1S/C12H15NO4S.CH3NO3S/c14-12(13-8-4-5-9-13)10-17-18(15,16)11-6-2-1-3-7-11;2-6(4,5)1-3/h1-3,6-7H,4-5,8-10H2;1H,(H2,2,4,5). The van der Waals surface area contributed by atoms with Gasteiger partial charge in [-0.25, -0.2) is 13.6 Å². The summed E-state index contributed by atoms with van der Waals surface area (Å²) in [7, 11) is -7.67. The van der Waals surface area contributed by atoms with Crippen LogP contribution in [0.4, 0.5) is 0 Å². The van der Waals surface area contributed by atoms with Crippen molar-refractivity contribution in [1.82, 2.24) is 4.90 Å². The normalized spacial score (nSPS) is 14.6. The molecule has 0 radical (unpaired) electrons. The summed E-state index contributed by atoms with van der Waals surface area (Å²) < 4.78 is 47.1. The van der Waals surface area contributed by atoms with Gasteiger partial charge < -0.3 is 4.90 Å². The van der Waals surface area contributed by atoms with Crippen molar-refractivity contribution in [1.29, 1.82) is 0 Å². The van der Waals surface area contributed by atoms with Crippen LogP contribution in [0.1, 0.15) is 12.8 Å².